The van der Waals surface area contributed by atoms with Gasteiger partial charge < -0.3 is 10.1 Å². The average Bonchev–Trinajstić information content (AvgIpc) is 2.45. The lowest BCUT2D eigenvalue weighted by Crippen LogP contribution is -2.13. The Bertz CT molecular complexity index is 481. The van der Waals surface area contributed by atoms with Gasteiger partial charge in [0.1, 0.15) is 12.4 Å². The first kappa shape index (κ1) is 12.7. The minimum atomic E-state index is 0.289. The van der Waals surface area contributed by atoms with Gasteiger partial charge in [0.25, 0.3) is 0 Å². The van der Waals surface area contributed by atoms with Gasteiger partial charge in [0, 0.05) is 11.6 Å². The molecule has 0 fully saturated rings. The fraction of sp³-hybridized carbons (Fsp3) is 0.250. The number of nitrogens with one attached hydrogen (secondary N) is 1. The zero-order valence-electron chi connectivity index (χ0n) is 10.9. The topological polar surface area (TPSA) is 21.3 Å². The maximum absolute atomic E-state index is 5.91. The highest BCUT2D eigenvalue weighted by molar-refractivity contribution is 5.35. The molecule has 0 aromatic heterocycles. The van der Waals surface area contributed by atoms with E-state index in [0.717, 1.165) is 5.75 Å². The average molecular weight is 241 g/mol. The van der Waals surface area contributed by atoms with E-state index in [9.17, 15) is 0 Å². The second kappa shape index (κ2) is 6.22. The van der Waals surface area contributed by atoms with Crippen molar-refractivity contribution >= 4 is 0 Å². The van der Waals surface area contributed by atoms with Gasteiger partial charge in [0.05, 0.1) is 0 Å². The van der Waals surface area contributed by atoms with E-state index in [1.54, 1.807) is 0 Å². The summed E-state index contributed by atoms with van der Waals surface area (Å²) >= 11 is 0. The van der Waals surface area contributed by atoms with Crippen molar-refractivity contribution < 1.29 is 4.74 Å². The van der Waals surface area contributed by atoms with Crippen LogP contribution in [0.3, 0.4) is 0 Å². The van der Waals surface area contributed by atoms with Crippen molar-refractivity contribution in [3.05, 3.63) is 65.7 Å². The fourth-order valence-corrected chi connectivity index (χ4v) is 1.86. The lowest BCUT2D eigenvalue weighted by Gasteiger charge is -2.16. The van der Waals surface area contributed by atoms with Gasteiger partial charge in [-0.1, -0.05) is 48.5 Å². The van der Waals surface area contributed by atoms with Crippen LogP contribution in [-0.2, 0) is 6.61 Å². The van der Waals surface area contributed by atoms with Gasteiger partial charge in [0.15, 0.2) is 0 Å². The third-order valence-electron chi connectivity index (χ3n) is 3.06. The lowest BCUT2D eigenvalue weighted by molar-refractivity contribution is 0.300. The van der Waals surface area contributed by atoms with Gasteiger partial charge in [0.2, 0.25) is 0 Å². The van der Waals surface area contributed by atoms with E-state index < -0.39 is 0 Å². The van der Waals surface area contributed by atoms with E-state index in [4.69, 9.17) is 4.74 Å². The minimum absolute atomic E-state index is 0.289. The smallest absolute Gasteiger partial charge is 0.124 e. The normalized spacial score (nSPS) is 12.1. The first-order valence-electron chi connectivity index (χ1n) is 6.24. The van der Waals surface area contributed by atoms with Gasteiger partial charge in [-0.3, -0.25) is 0 Å². The number of benzene rings is 2. The fourth-order valence-electron chi connectivity index (χ4n) is 1.86. The second-order valence-electron chi connectivity index (χ2n) is 4.32. The summed E-state index contributed by atoms with van der Waals surface area (Å²) in [5.74, 6) is 0.947. The summed E-state index contributed by atoms with van der Waals surface area (Å²) in [6, 6.07) is 18.7. The van der Waals surface area contributed by atoms with Crippen LogP contribution < -0.4 is 10.1 Å². The molecule has 2 heteroatoms. The zero-order chi connectivity index (χ0) is 12.8. The Morgan fingerprint density at radius 3 is 2.39 bits per heavy atom. The van der Waals surface area contributed by atoms with Crippen molar-refractivity contribution in [3.8, 4) is 5.75 Å². The van der Waals surface area contributed by atoms with Crippen LogP contribution in [0.25, 0.3) is 0 Å². The van der Waals surface area contributed by atoms with Gasteiger partial charge in [-0.2, -0.15) is 0 Å². The largest absolute Gasteiger partial charge is 0.489 e. The highest BCUT2D eigenvalue weighted by Crippen LogP contribution is 2.25. The summed E-state index contributed by atoms with van der Waals surface area (Å²) in [4.78, 5) is 0. The Balaban J connectivity index is 2.10. The van der Waals surface area contributed by atoms with Gasteiger partial charge in [-0.15, -0.1) is 0 Å². The third kappa shape index (κ3) is 3.11. The lowest BCUT2D eigenvalue weighted by atomic mass is 10.1. The van der Waals surface area contributed by atoms with E-state index in [1.165, 1.54) is 11.1 Å². The molecule has 1 N–H and O–H groups in total. The molecular formula is C16H19NO. The van der Waals surface area contributed by atoms with Crippen LogP contribution in [-0.4, -0.2) is 7.05 Å². The Morgan fingerprint density at radius 1 is 1.00 bits per heavy atom. The van der Waals surface area contributed by atoms with Gasteiger partial charge in [-0.05, 0) is 25.6 Å². The summed E-state index contributed by atoms with van der Waals surface area (Å²) < 4.78 is 5.91. The Kier molecular flexibility index (Phi) is 4.37. The molecule has 0 aliphatic rings. The Morgan fingerprint density at radius 2 is 1.67 bits per heavy atom. The van der Waals surface area contributed by atoms with Crippen molar-refractivity contribution in [2.75, 3.05) is 7.05 Å². The zero-order valence-corrected chi connectivity index (χ0v) is 10.9. The molecule has 18 heavy (non-hydrogen) atoms. The molecular weight excluding hydrogens is 222 g/mol. The standard InChI is InChI=1S/C16H19NO/c1-13(17-2)15-10-6-7-11-16(15)18-12-14-8-4-3-5-9-14/h3-11,13,17H,12H2,1-2H3. The molecule has 2 nitrogen and oxygen atoms in total. The SMILES string of the molecule is CNC(C)c1ccccc1OCc1ccccc1. The summed E-state index contributed by atoms with van der Waals surface area (Å²) in [5.41, 5.74) is 2.38. The van der Waals surface area contributed by atoms with Crippen LogP contribution >= 0.6 is 0 Å². The molecule has 0 amide bonds. The van der Waals surface area contributed by atoms with Gasteiger partial charge in [-0.25, -0.2) is 0 Å². The van der Waals surface area contributed by atoms with Crippen molar-refractivity contribution in [1.82, 2.24) is 5.32 Å². The van der Waals surface area contributed by atoms with Crippen LogP contribution in [0.4, 0.5) is 0 Å². The first-order valence-corrected chi connectivity index (χ1v) is 6.24. The molecule has 0 aliphatic carbocycles. The number of rotatable bonds is 5. The Hall–Kier alpha value is -1.80. The molecule has 0 radical (unpaired) electrons. The third-order valence-corrected chi connectivity index (χ3v) is 3.06. The first-order chi connectivity index (χ1) is 8.81. The molecule has 2 aromatic carbocycles. The number of hydrogen-bond acceptors (Lipinski definition) is 2. The quantitative estimate of drug-likeness (QED) is 0.864. The molecule has 2 aromatic rings. The molecule has 0 aliphatic heterocycles. The molecule has 0 saturated heterocycles. The van der Waals surface area contributed by atoms with E-state index in [-0.39, 0.29) is 6.04 Å². The van der Waals surface area contributed by atoms with E-state index >= 15 is 0 Å². The summed E-state index contributed by atoms with van der Waals surface area (Å²) in [7, 11) is 1.96. The highest BCUT2D eigenvalue weighted by atomic mass is 16.5. The van der Waals surface area contributed by atoms with E-state index in [1.807, 2.05) is 43.4 Å². The van der Waals surface area contributed by atoms with E-state index in [2.05, 4.69) is 30.4 Å². The van der Waals surface area contributed by atoms with Crippen molar-refractivity contribution in [1.29, 1.82) is 0 Å². The van der Waals surface area contributed by atoms with Crippen LogP contribution in [0.5, 0.6) is 5.75 Å². The number of ether oxygens (including phenoxy) is 1. The van der Waals surface area contributed by atoms with Crippen LogP contribution in [0, 0.1) is 0 Å². The molecule has 94 valence electrons. The van der Waals surface area contributed by atoms with Crippen LogP contribution in [0.1, 0.15) is 24.1 Å². The maximum atomic E-state index is 5.91. The van der Waals surface area contributed by atoms with Crippen molar-refractivity contribution in [2.24, 2.45) is 0 Å². The molecule has 0 bridgehead atoms. The summed E-state index contributed by atoms with van der Waals surface area (Å²) in [6.45, 7) is 2.74. The molecule has 0 heterocycles. The molecule has 0 spiro atoms. The summed E-state index contributed by atoms with van der Waals surface area (Å²) in [5, 5.41) is 3.24. The molecule has 0 saturated carbocycles. The monoisotopic (exact) mass is 241 g/mol. The number of hydrogen-bond donors (Lipinski definition) is 1. The molecule has 1 unspecified atom stereocenters. The Labute approximate surface area is 109 Å². The predicted octanol–water partition coefficient (Wildman–Crippen LogP) is 3.55. The van der Waals surface area contributed by atoms with E-state index in [0.29, 0.717) is 6.61 Å². The second-order valence-corrected chi connectivity index (χ2v) is 4.32. The maximum Gasteiger partial charge on any atom is 0.124 e. The molecule has 2 rings (SSSR count). The van der Waals surface area contributed by atoms with Crippen LogP contribution in [0.15, 0.2) is 54.6 Å². The summed E-state index contributed by atoms with van der Waals surface area (Å²) in [6.07, 6.45) is 0. The van der Waals surface area contributed by atoms with Gasteiger partial charge >= 0.3 is 0 Å². The minimum Gasteiger partial charge on any atom is -0.489 e. The highest BCUT2D eigenvalue weighted by Gasteiger charge is 2.08. The van der Waals surface area contributed by atoms with Crippen molar-refractivity contribution in [3.63, 3.8) is 0 Å². The number of para-hydroxylation sites is 1. The van der Waals surface area contributed by atoms with Crippen LogP contribution in [0.2, 0.25) is 0 Å². The van der Waals surface area contributed by atoms with Crippen molar-refractivity contribution in [2.45, 2.75) is 19.6 Å². The molecule has 1 atom stereocenters. The predicted molar refractivity (Wildman–Crippen MR) is 74.7 cm³/mol.